The lowest BCUT2D eigenvalue weighted by atomic mass is 9.77. The maximum absolute atomic E-state index is 15.3. The Bertz CT molecular complexity index is 5490. The molecule has 3 aromatic carbocycles. The lowest BCUT2D eigenvalue weighted by Gasteiger charge is -2.48. The van der Waals surface area contributed by atoms with E-state index in [0.717, 1.165) is 45.3 Å². The number of phenolic OH excluding ortho intramolecular Hbond substituents is 2. The summed E-state index contributed by atoms with van der Waals surface area (Å²) < 4.78 is 84.3. The summed E-state index contributed by atoms with van der Waals surface area (Å²) in [7, 11) is 10.1. The number of hydrogen-bond acceptors (Lipinski definition) is 33. The average Bonchev–Trinajstić information content (AvgIpc) is 1.53. The molecule has 1 saturated carbocycles. The number of amides is 1. The number of nitrogens with zero attached hydrogens (tertiary/aromatic N) is 7. The van der Waals surface area contributed by atoms with Gasteiger partial charge >= 0.3 is 23.7 Å². The van der Waals surface area contributed by atoms with Gasteiger partial charge in [0.1, 0.15) is 69.9 Å². The van der Waals surface area contributed by atoms with Crippen molar-refractivity contribution in [2.45, 2.75) is 341 Å². The Morgan fingerprint density at radius 2 is 1.46 bits per heavy atom. The van der Waals surface area contributed by atoms with Gasteiger partial charge in [-0.05, 0) is 165 Å². The average molecular weight is 2000 g/mol. The van der Waals surface area contributed by atoms with E-state index < -0.39 is 196 Å². The third-order valence-electron chi connectivity index (χ3n) is 31.6. The summed E-state index contributed by atoms with van der Waals surface area (Å²) in [5, 5.41) is 121. The van der Waals surface area contributed by atoms with Crippen LogP contribution >= 0.6 is 0 Å². The number of aromatic hydroxyl groups is 2. The molecule has 8 unspecified atom stereocenters. The van der Waals surface area contributed by atoms with Crippen LogP contribution in [0.4, 0.5) is 15.8 Å². The van der Waals surface area contributed by atoms with Crippen LogP contribution in [0.5, 0.6) is 23.0 Å². The van der Waals surface area contributed by atoms with Crippen LogP contribution in [0.1, 0.15) is 228 Å². The van der Waals surface area contributed by atoms with E-state index in [9.17, 15) is 79.8 Å². The zero-order chi connectivity index (χ0) is 105. The highest BCUT2D eigenvalue weighted by Gasteiger charge is 2.56. The number of phenols is 2. The molecule has 10 heterocycles. The van der Waals surface area contributed by atoms with Crippen molar-refractivity contribution in [2.75, 3.05) is 98.5 Å². The number of aliphatic hydroxyl groups is 7. The van der Waals surface area contributed by atoms with Gasteiger partial charge in [0.25, 0.3) is 11.7 Å². The number of esters is 2. The van der Waals surface area contributed by atoms with Crippen LogP contribution in [0.15, 0.2) is 63.2 Å². The highest BCUT2D eigenvalue weighted by molar-refractivity contribution is 6.19. The van der Waals surface area contributed by atoms with Gasteiger partial charge in [0.2, 0.25) is 5.43 Å². The van der Waals surface area contributed by atoms with Crippen LogP contribution < -0.4 is 41.2 Å². The summed E-state index contributed by atoms with van der Waals surface area (Å²) in [6.07, 6.45) is 2.25. The van der Waals surface area contributed by atoms with Gasteiger partial charge < -0.3 is 138 Å². The number of ketones is 1. The van der Waals surface area contributed by atoms with Gasteiger partial charge in [0.15, 0.2) is 35.6 Å². The minimum Gasteiger partial charge on any atom is -0.507 e. The molecule has 1 amide bonds. The van der Waals surface area contributed by atoms with Gasteiger partial charge in [-0.15, -0.1) is 0 Å². The molecule has 1 spiro atoms. The van der Waals surface area contributed by atoms with E-state index in [-0.39, 0.29) is 110 Å². The Morgan fingerprint density at radius 3 is 2.06 bits per heavy atom. The van der Waals surface area contributed by atoms with Gasteiger partial charge in [0, 0.05) is 163 Å². The lowest BCUT2D eigenvalue weighted by molar-refractivity contribution is -0.318. The number of nitrogens with one attached hydrogen (secondary N) is 2. The van der Waals surface area contributed by atoms with Crippen molar-refractivity contribution < 1.29 is 132 Å². The van der Waals surface area contributed by atoms with Crippen molar-refractivity contribution in [1.82, 2.24) is 24.6 Å². The number of aromatic nitrogens is 1. The number of ether oxygens (including phenoxy) is 11. The molecule has 0 radical (unpaired) electrons. The predicted octanol–water partition coefficient (Wildman–Crippen LogP) is 9.02. The monoisotopic (exact) mass is 2000 g/mol. The molecule has 1 aromatic heterocycles. The molecule has 6 saturated heterocycles. The number of cyclic esters (lactones) is 1. The first-order valence-corrected chi connectivity index (χ1v) is 50.5. The van der Waals surface area contributed by atoms with Crippen molar-refractivity contribution >= 4 is 62.6 Å². The number of piperidine rings is 2. The van der Waals surface area contributed by atoms with Gasteiger partial charge in [0.05, 0.1) is 100 Å². The van der Waals surface area contributed by atoms with Gasteiger partial charge in [-0.1, -0.05) is 80.5 Å². The summed E-state index contributed by atoms with van der Waals surface area (Å²) in [6, 6.07) is 0.809. The number of likely N-dealkylation sites (tertiary alicyclic amines) is 1. The number of aromatic carboxylic acids is 1. The van der Waals surface area contributed by atoms with E-state index >= 15 is 4.39 Å². The summed E-state index contributed by atoms with van der Waals surface area (Å²) >= 11 is 0. The molecule has 4 aromatic rings. The number of halogens is 1. The molecule has 37 heteroatoms. The molecule has 14 rings (SSSR count). The number of aliphatic hydroxyl groups excluding tert-OH is 5. The van der Waals surface area contributed by atoms with Crippen LogP contribution in [0, 0.1) is 66.0 Å². The molecule has 9 aliphatic heterocycles. The number of carboxylic acids is 1. The number of anilines is 2. The molecular formula is C105H158FN9O27. The maximum atomic E-state index is 15.3. The number of methoxy groups -OCH3 is 3. The zero-order valence-electron chi connectivity index (χ0n) is 87.6. The molecule has 792 valence electrons. The summed E-state index contributed by atoms with van der Waals surface area (Å²) in [5.74, 6) is -10.1. The molecule has 12 N–H and O–H groups in total. The first-order valence-electron chi connectivity index (χ1n) is 50.5. The number of benzene rings is 3. The second-order valence-corrected chi connectivity index (χ2v) is 43.4. The molecule has 36 nitrogen and oxygen atoms in total. The lowest BCUT2D eigenvalue weighted by Crippen LogP contribution is -2.60. The highest BCUT2D eigenvalue weighted by Crippen LogP contribution is 2.52. The minimum atomic E-state index is -1.96. The van der Waals surface area contributed by atoms with E-state index in [2.05, 4.69) is 29.4 Å². The quantitative estimate of drug-likeness (QED) is 0.0390. The van der Waals surface area contributed by atoms with Gasteiger partial charge in [-0.2, -0.15) is 0 Å². The van der Waals surface area contributed by atoms with Crippen molar-refractivity contribution in [3.05, 3.63) is 91.8 Å². The minimum absolute atomic E-state index is 0.0364. The van der Waals surface area contributed by atoms with Crippen molar-refractivity contribution in [1.29, 1.82) is 0 Å². The second-order valence-electron chi connectivity index (χ2n) is 43.4. The fourth-order valence-electron chi connectivity index (χ4n) is 22.9. The Hall–Kier alpha value is -8.45. The normalized spacial score (nSPS) is 37.1. The Morgan fingerprint density at radius 1 is 0.789 bits per heavy atom. The Labute approximate surface area is 832 Å². The number of carbonyl (C=O) groups excluding carboxylic acids is 4. The van der Waals surface area contributed by atoms with Crippen molar-refractivity contribution in [2.24, 2.45) is 63.2 Å². The number of rotatable bonds is 15. The largest absolute Gasteiger partial charge is 0.507 e. The third-order valence-corrected chi connectivity index (χ3v) is 31.6. The van der Waals surface area contributed by atoms with Crippen LogP contribution in [-0.4, -0.2) is 320 Å². The molecule has 29 atom stereocenters. The maximum Gasteiger partial charge on any atom is 0.341 e. The summed E-state index contributed by atoms with van der Waals surface area (Å²) in [4.78, 5) is 98.1. The number of carbonyl (C=O) groups is 5. The Kier molecular flexibility index (Phi) is 35.7. The summed E-state index contributed by atoms with van der Waals surface area (Å²) in [5.41, 5.74) is -5.10. The zero-order valence-corrected chi connectivity index (χ0v) is 87.6. The fraction of sp³-hybridized carbons (Fsp3) is 0.714. The Balaban J connectivity index is 0.000000201. The molecule has 7 fully saturated rings. The second kappa shape index (κ2) is 45.1. The van der Waals surface area contributed by atoms with Crippen molar-refractivity contribution in [3.8, 4) is 23.0 Å². The van der Waals surface area contributed by atoms with Crippen molar-refractivity contribution in [3.63, 3.8) is 0 Å². The van der Waals surface area contributed by atoms with E-state index in [0.29, 0.717) is 80.3 Å². The van der Waals surface area contributed by atoms with Gasteiger partial charge in [-0.3, -0.25) is 34.0 Å². The first kappa shape index (κ1) is 112. The number of pyridine rings is 1. The number of fused-ring (bicyclic) bond motifs is 3. The fourth-order valence-corrected chi connectivity index (χ4v) is 22.9. The molecular weight excluding hydrogens is 1840 g/mol. The number of carboxylic acid groups (broad SMARTS) is 1. The predicted molar refractivity (Wildman–Crippen MR) is 529 cm³/mol. The van der Waals surface area contributed by atoms with E-state index in [1.165, 1.54) is 60.6 Å². The van der Waals surface area contributed by atoms with Crippen LogP contribution in [0.25, 0.3) is 21.7 Å². The molecule has 142 heavy (non-hydrogen) atoms. The number of allylic oxidation sites excluding steroid dienone is 2. The number of hydrogen-bond donors (Lipinski definition) is 12. The van der Waals surface area contributed by atoms with Crippen LogP contribution in [-0.2, 0) is 57.0 Å². The first-order chi connectivity index (χ1) is 66.5. The molecule has 1 aliphatic carbocycles. The SMILES string of the molecule is CC[C@H]1OC(=O)[C@H](C)[C@@H](OC2CC(C)(OC)C(O)C(C)O2)[C@H](C)[C@@H](OC2OC(C)CC(N(C)C)C2O)[C@](C)(O)C[C@@H](C)CN(C)[C@H](C)[C@@H](O)[C@]1(C)O.CO[C@H]1/C=C\O[C@@]2(C)Oc3c(C)c(O)c4c(O)c(c5c(c4c3C2=O)=NC2(CCN(CC(C)C)CC2)N=5)NC(=O)/C(C)=C/C=C\[C@H](C)[C@H](O)[C@@H](C)[C@@H](O)[C@H](C)[C@@H](OC(C)=O)[C@@H]1C.COc1c(N2C[C@@H]3CCCN[C@@H]3C2)c(F)cc2c(=O)c(C(=O)O)cn(C3CC3)c12. The molecule has 4 bridgehead atoms. The topological polar surface area (TPSA) is 473 Å². The number of likely N-dealkylation sites (N-methyl/N-ethyl adjacent to an activating group) is 2. The highest BCUT2D eigenvalue weighted by atomic mass is 19.1. The third kappa shape index (κ3) is 23.2. The van der Waals surface area contributed by atoms with E-state index in [1.807, 2.05) is 56.6 Å². The van der Waals surface area contributed by atoms with E-state index in [1.54, 1.807) is 112 Å². The standard InChI is InChI=1S/C46H62N4O11.C38H72N2O12.C21H24FN3O4/c1-22(2)21-50-18-16-46(17-19-50)48-34-31-32-39(54)28(8)42-33(31)43(56)45(10,61-42)59-20-15-30(58-11)25(5)41(60-29(9)51)27(7)38(53)26(6)37(52)23(3)13-12-14-24(4)44(57)47-36(40(32)55)35(34)49-46;1-15-27-38(10,46)31(42)24(6)40(13)19-20(2)17-36(8,45)33(52-35-29(41)26(39(11)12)16-21(3)48-35)22(4)30(23(5)34(44)50-27)51-28-18-37(9,47-14)32(43)25(7)49-28;1-29-20-17-13(19(26)14(21(27)28)9-25(17)12-4-5-12)7-15(22)18(20)24-8-11-3-2-6-23-16(11)10-24/h12-15,20,22-23,25-27,30,37-38,41,52-55H,16-19,21H2,1-11H3,(H,47,57);20-33,35,41-43,45-46H,15-19H2,1-14H3;7,9,11-12,16,23H,2-6,8,10H2,1H3,(H,27,28)/b13-12-,20-15-,24-14+;;/t23-,25+,26+,27-,30-,37-,38+,41-,45-;20-,21?,22+,23-,24-,25?,26?,27-,28?,29?,30+,31-,32?,33-,35?,36-,37?,38-;11-,16+/m010/s1. The van der Waals surface area contributed by atoms with Crippen LogP contribution in [0.3, 0.4) is 0 Å². The number of Topliss-reactive ketones (excluding diaryl/α,β-unsaturated/α-hetero) is 1. The van der Waals surface area contributed by atoms with Gasteiger partial charge in [-0.25, -0.2) is 9.18 Å². The van der Waals surface area contributed by atoms with E-state index in [4.69, 9.17) is 62.1 Å². The smallest absolute Gasteiger partial charge is 0.341 e. The van der Waals surface area contributed by atoms with Crippen LogP contribution in [0.2, 0.25) is 0 Å². The molecule has 10 aliphatic rings. The summed E-state index contributed by atoms with van der Waals surface area (Å²) in [6.45, 7) is 40.0.